The summed E-state index contributed by atoms with van der Waals surface area (Å²) >= 11 is 0. The first-order chi connectivity index (χ1) is 12.3. The molecule has 0 spiro atoms. The van der Waals surface area contributed by atoms with Gasteiger partial charge >= 0.3 is 6.18 Å². The van der Waals surface area contributed by atoms with E-state index in [1.54, 1.807) is 18.2 Å². The minimum atomic E-state index is -4.57. The van der Waals surface area contributed by atoms with E-state index in [4.69, 9.17) is 0 Å². The minimum absolute atomic E-state index is 0.172. The lowest BCUT2D eigenvalue weighted by Crippen LogP contribution is -2.32. The van der Waals surface area contributed by atoms with Gasteiger partial charge in [-0.25, -0.2) is 4.98 Å². The lowest BCUT2D eigenvalue weighted by atomic mass is 10.2. The fraction of sp³-hybridized carbons (Fsp3) is 0.316. The number of hydrogen-bond donors (Lipinski definition) is 1. The molecule has 0 radical (unpaired) electrons. The van der Waals surface area contributed by atoms with Crippen molar-refractivity contribution < 1.29 is 18.3 Å². The molecule has 2 aromatic carbocycles. The fourth-order valence-electron chi connectivity index (χ4n) is 3.06. The standard InChI is InChI=1S/C19H20F3N3O/c1-24(11-14-7-3-2-4-8-14)12-15(26)13-25-17-10-6-5-9-16(17)23-18(25)19(20,21)22/h2-10,15,26H,11-13H2,1H3/t15-/m0/s1. The molecule has 1 heterocycles. The number of nitrogens with zero attached hydrogens (tertiary/aromatic N) is 3. The van der Waals surface area contributed by atoms with Crippen molar-refractivity contribution in [1.82, 2.24) is 14.5 Å². The molecule has 0 saturated heterocycles. The molecule has 1 atom stereocenters. The molecule has 3 rings (SSSR count). The van der Waals surface area contributed by atoms with Crippen LogP contribution in [-0.4, -0.2) is 39.3 Å². The number of aliphatic hydroxyl groups excluding tert-OH is 1. The molecule has 0 aliphatic rings. The molecule has 7 heteroatoms. The summed E-state index contributed by atoms with van der Waals surface area (Å²) in [5.74, 6) is -0.983. The van der Waals surface area contributed by atoms with E-state index in [0.29, 0.717) is 12.1 Å². The maximum Gasteiger partial charge on any atom is 0.449 e. The Hall–Kier alpha value is -2.38. The number of imidazole rings is 1. The zero-order valence-electron chi connectivity index (χ0n) is 14.3. The van der Waals surface area contributed by atoms with Crippen LogP contribution < -0.4 is 0 Å². The summed E-state index contributed by atoms with van der Waals surface area (Å²) in [6.45, 7) is 0.682. The first-order valence-electron chi connectivity index (χ1n) is 8.27. The van der Waals surface area contributed by atoms with Gasteiger partial charge in [-0.2, -0.15) is 13.2 Å². The van der Waals surface area contributed by atoms with Crippen molar-refractivity contribution in [3.63, 3.8) is 0 Å². The molecule has 26 heavy (non-hydrogen) atoms. The zero-order valence-corrected chi connectivity index (χ0v) is 14.3. The van der Waals surface area contributed by atoms with E-state index in [0.717, 1.165) is 10.1 Å². The maximum atomic E-state index is 13.3. The van der Waals surface area contributed by atoms with Crippen molar-refractivity contribution in [2.75, 3.05) is 13.6 Å². The monoisotopic (exact) mass is 363 g/mol. The highest BCUT2D eigenvalue weighted by Crippen LogP contribution is 2.31. The molecular weight excluding hydrogens is 343 g/mol. The third-order valence-corrected chi connectivity index (χ3v) is 4.12. The SMILES string of the molecule is CN(Cc1ccccc1)C[C@H](O)Cn1c(C(F)(F)F)nc2ccccc21. The van der Waals surface area contributed by atoms with Crippen molar-refractivity contribution in [2.24, 2.45) is 0 Å². The van der Waals surface area contributed by atoms with Gasteiger partial charge in [0.15, 0.2) is 0 Å². The second-order valence-electron chi connectivity index (χ2n) is 6.37. The molecule has 138 valence electrons. The van der Waals surface area contributed by atoms with Gasteiger partial charge in [0, 0.05) is 13.1 Å². The molecule has 0 aliphatic carbocycles. The number of para-hydroxylation sites is 2. The highest BCUT2D eigenvalue weighted by molar-refractivity contribution is 5.76. The van der Waals surface area contributed by atoms with Gasteiger partial charge in [0.2, 0.25) is 5.82 Å². The van der Waals surface area contributed by atoms with Crippen LogP contribution >= 0.6 is 0 Å². The number of halogens is 3. The highest BCUT2D eigenvalue weighted by Gasteiger charge is 2.37. The van der Waals surface area contributed by atoms with E-state index in [9.17, 15) is 18.3 Å². The normalized spacial score (nSPS) is 13.5. The van der Waals surface area contributed by atoms with Crippen LogP contribution in [0.1, 0.15) is 11.4 Å². The molecule has 0 fully saturated rings. The summed E-state index contributed by atoms with van der Waals surface area (Å²) < 4.78 is 41.0. The van der Waals surface area contributed by atoms with Crippen LogP contribution in [0.4, 0.5) is 13.2 Å². The van der Waals surface area contributed by atoms with Crippen molar-refractivity contribution in [1.29, 1.82) is 0 Å². The van der Waals surface area contributed by atoms with Crippen LogP contribution in [0, 0.1) is 0 Å². The Bertz CT molecular complexity index is 861. The second kappa shape index (κ2) is 7.47. The Labute approximate surface area is 149 Å². The van der Waals surface area contributed by atoms with E-state index in [-0.39, 0.29) is 18.6 Å². The van der Waals surface area contributed by atoms with Gasteiger partial charge in [0.05, 0.1) is 23.7 Å². The van der Waals surface area contributed by atoms with Crippen LogP contribution in [0.5, 0.6) is 0 Å². The predicted octanol–water partition coefficient (Wildman–Crippen LogP) is 3.55. The summed E-state index contributed by atoms with van der Waals surface area (Å²) in [5.41, 5.74) is 1.71. The average Bonchev–Trinajstić information content (AvgIpc) is 2.94. The third kappa shape index (κ3) is 4.23. The molecule has 4 nitrogen and oxygen atoms in total. The van der Waals surface area contributed by atoms with Gasteiger partial charge in [-0.3, -0.25) is 4.90 Å². The van der Waals surface area contributed by atoms with Crippen molar-refractivity contribution >= 4 is 11.0 Å². The number of benzene rings is 2. The summed E-state index contributed by atoms with van der Waals surface area (Å²) in [6, 6.07) is 16.1. The summed E-state index contributed by atoms with van der Waals surface area (Å²) in [4.78, 5) is 5.58. The van der Waals surface area contributed by atoms with E-state index < -0.39 is 18.1 Å². The number of rotatable bonds is 6. The fourth-order valence-corrected chi connectivity index (χ4v) is 3.06. The summed E-state index contributed by atoms with van der Waals surface area (Å²) in [7, 11) is 1.83. The largest absolute Gasteiger partial charge is 0.449 e. The van der Waals surface area contributed by atoms with E-state index >= 15 is 0 Å². The Balaban J connectivity index is 1.75. The summed E-state index contributed by atoms with van der Waals surface area (Å²) in [6.07, 6.45) is -5.53. The van der Waals surface area contributed by atoms with Gasteiger partial charge in [-0.05, 0) is 24.7 Å². The number of aromatic nitrogens is 2. The smallest absolute Gasteiger partial charge is 0.390 e. The number of aliphatic hydroxyl groups is 1. The Kier molecular flexibility index (Phi) is 5.29. The second-order valence-corrected chi connectivity index (χ2v) is 6.37. The number of alkyl halides is 3. The first-order valence-corrected chi connectivity index (χ1v) is 8.27. The van der Waals surface area contributed by atoms with Crippen molar-refractivity contribution in [2.45, 2.75) is 25.4 Å². The number of fused-ring (bicyclic) bond motifs is 1. The van der Waals surface area contributed by atoms with Crippen molar-refractivity contribution in [3.05, 3.63) is 66.0 Å². The van der Waals surface area contributed by atoms with Crippen LogP contribution in [0.15, 0.2) is 54.6 Å². The van der Waals surface area contributed by atoms with Crippen LogP contribution in [0.2, 0.25) is 0 Å². The number of likely N-dealkylation sites (N-methyl/N-ethyl adjacent to an activating group) is 1. The Morgan fingerprint density at radius 3 is 2.42 bits per heavy atom. The maximum absolute atomic E-state index is 13.3. The van der Waals surface area contributed by atoms with E-state index in [2.05, 4.69) is 4.98 Å². The highest BCUT2D eigenvalue weighted by atomic mass is 19.4. The van der Waals surface area contributed by atoms with Crippen LogP contribution in [-0.2, 0) is 19.3 Å². The molecule has 3 aromatic rings. The minimum Gasteiger partial charge on any atom is -0.390 e. The van der Waals surface area contributed by atoms with Gasteiger partial charge in [-0.1, -0.05) is 42.5 Å². The molecule has 0 saturated carbocycles. The van der Waals surface area contributed by atoms with E-state index in [1.807, 2.05) is 42.3 Å². The topological polar surface area (TPSA) is 41.3 Å². The molecule has 0 unspecified atom stereocenters. The Morgan fingerprint density at radius 1 is 1.08 bits per heavy atom. The van der Waals surface area contributed by atoms with Crippen LogP contribution in [0.3, 0.4) is 0 Å². The third-order valence-electron chi connectivity index (χ3n) is 4.12. The first kappa shape index (κ1) is 18.4. The van der Waals surface area contributed by atoms with E-state index in [1.165, 1.54) is 6.07 Å². The van der Waals surface area contributed by atoms with Crippen molar-refractivity contribution in [3.8, 4) is 0 Å². The quantitative estimate of drug-likeness (QED) is 0.728. The molecule has 0 bridgehead atoms. The predicted molar refractivity (Wildman–Crippen MR) is 93.5 cm³/mol. The molecule has 0 amide bonds. The Morgan fingerprint density at radius 2 is 1.73 bits per heavy atom. The van der Waals surface area contributed by atoms with Crippen LogP contribution in [0.25, 0.3) is 11.0 Å². The van der Waals surface area contributed by atoms with Gasteiger partial charge in [-0.15, -0.1) is 0 Å². The van der Waals surface area contributed by atoms with Gasteiger partial charge in [0.25, 0.3) is 0 Å². The summed E-state index contributed by atoms with van der Waals surface area (Å²) in [5, 5.41) is 10.4. The zero-order chi connectivity index (χ0) is 18.7. The molecule has 1 aromatic heterocycles. The average molecular weight is 363 g/mol. The van der Waals surface area contributed by atoms with Gasteiger partial charge in [0.1, 0.15) is 0 Å². The molecule has 1 N–H and O–H groups in total. The number of hydrogen-bond acceptors (Lipinski definition) is 3. The molecular formula is C19H20F3N3O. The lowest BCUT2D eigenvalue weighted by Gasteiger charge is -2.22. The lowest BCUT2D eigenvalue weighted by molar-refractivity contribution is -0.147. The van der Waals surface area contributed by atoms with Gasteiger partial charge < -0.3 is 9.67 Å². The molecule has 0 aliphatic heterocycles.